The quantitative estimate of drug-likeness (QED) is 0.740. The lowest BCUT2D eigenvalue weighted by atomic mass is 9.95. The van der Waals surface area contributed by atoms with Crippen LogP contribution in [0.4, 0.5) is 0 Å². The Hall–Kier alpha value is -2.72. The van der Waals surface area contributed by atoms with Gasteiger partial charge in [0.25, 0.3) is 5.56 Å². The second-order valence-electron chi connectivity index (χ2n) is 5.57. The van der Waals surface area contributed by atoms with Gasteiger partial charge in [0, 0.05) is 28.6 Å². The Morgan fingerprint density at radius 1 is 1.08 bits per heavy atom. The number of nitrogens with zero attached hydrogens (tertiary/aromatic N) is 1. The van der Waals surface area contributed by atoms with Crippen molar-refractivity contribution in [2.45, 2.75) is 13.3 Å². The number of carbonyl (C=O) groups is 1. The molecule has 2 aromatic carbocycles. The molecule has 0 spiro atoms. The lowest BCUT2D eigenvalue weighted by Gasteiger charge is -2.08. The van der Waals surface area contributed by atoms with Gasteiger partial charge >= 0.3 is 0 Å². The molecule has 0 atom stereocenters. The van der Waals surface area contributed by atoms with E-state index in [2.05, 4.69) is 10.2 Å². The number of aromatic nitrogens is 2. The number of ketones is 1. The predicted octanol–water partition coefficient (Wildman–Crippen LogP) is 3.55. The van der Waals surface area contributed by atoms with Crippen LogP contribution in [-0.4, -0.2) is 16.0 Å². The van der Waals surface area contributed by atoms with Gasteiger partial charge < -0.3 is 0 Å². The molecule has 1 heterocycles. The van der Waals surface area contributed by atoms with Crippen LogP contribution in [0, 0.1) is 6.92 Å². The van der Waals surface area contributed by atoms with Crippen LogP contribution in [0.2, 0.25) is 5.02 Å². The topological polar surface area (TPSA) is 62.8 Å². The summed E-state index contributed by atoms with van der Waals surface area (Å²) in [5.74, 6) is -0.0413. The van der Waals surface area contributed by atoms with Gasteiger partial charge in [-0.05, 0) is 54.4 Å². The van der Waals surface area contributed by atoms with Crippen molar-refractivity contribution in [3.05, 3.63) is 97.9 Å². The molecule has 4 nitrogen and oxygen atoms in total. The van der Waals surface area contributed by atoms with Crippen LogP contribution in [0.1, 0.15) is 32.7 Å². The third-order valence-electron chi connectivity index (χ3n) is 3.78. The monoisotopic (exact) mass is 338 g/mol. The van der Waals surface area contributed by atoms with E-state index < -0.39 is 0 Å². The first-order chi connectivity index (χ1) is 11.5. The van der Waals surface area contributed by atoms with Gasteiger partial charge in [-0.1, -0.05) is 23.7 Å². The Kier molecular flexibility index (Phi) is 4.58. The maximum atomic E-state index is 12.7. The molecular formula is C19H15ClN2O2. The summed E-state index contributed by atoms with van der Waals surface area (Å²) < 4.78 is 0. The highest BCUT2D eigenvalue weighted by Gasteiger charge is 2.13. The number of rotatable bonds is 4. The van der Waals surface area contributed by atoms with Gasteiger partial charge in [-0.25, -0.2) is 5.10 Å². The molecule has 0 amide bonds. The third kappa shape index (κ3) is 3.60. The Balaban J connectivity index is 1.91. The number of hydrogen-bond acceptors (Lipinski definition) is 3. The van der Waals surface area contributed by atoms with Crippen molar-refractivity contribution in [2.75, 3.05) is 0 Å². The fourth-order valence-electron chi connectivity index (χ4n) is 2.46. The minimum atomic E-state index is -0.235. The summed E-state index contributed by atoms with van der Waals surface area (Å²) in [4.78, 5) is 23.8. The van der Waals surface area contributed by atoms with Crippen LogP contribution in [0.5, 0.6) is 0 Å². The maximum Gasteiger partial charge on any atom is 0.264 e. The van der Waals surface area contributed by atoms with E-state index in [0.717, 1.165) is 16.8 Å². The van der Waals surface area contributed by atoms with E-state index in [4.69, 9.17) is 11.6 Å². The fourth-order valence-corrected chi connectivity index (χ4v) is 2.59. The molecule has 0 fully saturated rings. The van der Waals surface area contributed by atoms with Crippen molar-refractivity contribution >= 4 is 17.4 Å². The minimum absolute atomic E-state index is 0.0413. The smallest absolute Gasteiger partial charge is 0.264 e. The summed E-state index contributed by atoms with van der Waals surface area (Å²) in [6.07, 6.45) is 0.540. The van der Waals surface area contributed by atoms with Gasteiger partial charge in [-0.2, -0.15) is 5.10 Å². The normalized spacial score (nSPS) is 10.6. The van der Waals surface area contributed by atoms with Crippen molar-refractivity contribution in [1.29, 1.82) is 0 Å². The molecular weight excluding hydrogens is 324 g/mol. The first-order valence-electron chi connectivity index (χ1n) is 7.47. The summed E-state index contributed by atoms with van der Waals surface area (Å²) in [7, 11) is 0. The molecule has 3 aromatic rings. The molecule has 0 radical (unpaired) electrons. The maximum absolute atomic E-state index is 12.7. The van der Waals surface area contributed by atoms with Gasteiger partial charge in [0.15, 0.2) is 5.78 Å². The highest BCUT2D eigenvalue weighted by molar-refractivity contribution is 6.30. The molecule has 120 valence electrons. The molecule has 5 heteroatoms. The van der Waals surface area contributed by atoms with Gasteiger partial charge in [0.2, 0.25) is 0 Å². The van der Waals surface area contributed by atoms with Crippen LogP contribution in [0.3, 0.4) is 0 Å². The first-order valence-corrected chi connectivity index (χ1v) is 7.85. The Labute approximate surface area is 144 Å². The molecule has 0 aliphatic rings. The van der Waals surface area contributed by atoms with Crippen molar-refractivity contribution < 1.29 is 4.79 Å². The number of aromatic amines is 1. The Bertz CT molecular complexity index is 926. The second kappa shape index (κ2) is 6.81. The predicted molar refractivity (Wildman–Crippen MR) is 93.7 cm³/mol. The van der Waals surface area contributed by atoms with Crippen LogP contribution >= 0.6 is 11.6 Å². The van der Waals surface area contributed by atoms with Crippen molar-refractivity contribution in [2.24, 2.45) is 0 Å². The average Bonchev–Trinajstić information content (AvgIpc) is 2.59. The third-order valence-corrected chi connectivity index (χ3v) is 4.03. The number of nitrogens with one attached hydrogen (secondary N) is 1. The molecule has 0 saturated heterocycles. The van der Waals surface area contributed by atoms with Crippen LogP contribution in [0.15, 0.2) is 59.4 Å². The molecule has 0 aliphatic heterocycles. The van der Waals surface area contributed by atoms with E-state index in [1.54, 1.807) is 30.3 Å². The van der Waals surface area contributed by atoms with Crippen LogP contribution < -0.4 is 5.56 Å². The van der Waals surface area contributed by atoms with E-state index in [9.17, 15) is 9.59 Å². The number of carbonyl (C=O) groups excluding carboxylic acids is 1. The van der Waals surface area contributed by atoms with Gasteiger partial charge in [-0.3, -0.25) is 9.59 Å². The van der Waals surface area contributed by atoms with E-state index >= 15 is 0 Å². The van der Waals surface area contributed by atoms with E-state index in [-0.39, 0.29) is 11.3 Å². The number of halogens is 1. The van der Waals surface area contributed by atoms with Crippen molar-refractivity contribution in [3.63, 3.8) is 0 Å². The number of hydrogen-bond donors (Lipinski definition) is 1. The minimum Gasteiger partial charge on any atom is -0.289 e. The summed E-state index contributed by atoms with van der Waals surface area (Å²) in [6.45, 7) is 1.91. The zero-order valence-corrected chi connectivity index (χ0v) is 13.8. The fraction of sp³-hybridized carbons (Fsp3) is 0.105. The summed E-state index contributed by atoms with van der Waals surface area (Å²) in [5.41, 5.74) is 3.62. The number of H-pyrrole nitrogens is 1. The molecule has 0 bridgehead atoms. The molecule has 0 aliphatic carbocycles. The van der Waals surface area contributed by atoms with Gasteiger partial charge in [-0.15, -0.1) is 0 Å². The van der Waals surface area contributed by atoms with Crippen molar-refractivity contribution in [1.82, 2.24) is 10.2 Å². The largest absolute Gasteiger partial charge is 0.289 e. The van der Waals surface area contributed by atoms with Crippen LogP contribution in [-0.2, 0) is 6.42 Å². The van der Waals surface area contributed by atoms with Gasteiger partial charge in [0.1, 0.15) is 0 Å². The first kappa shape index (κ1) is 16.1. The highest BCUT2D eigenvalue weighted by atomic mass is 35.5. The average molecular weight is 339 g/mol. The SMILES string of the molecule is Cc1ccc(Cc2ccc(=O)[nH]n2)cc1C(=O)c1ccc(Cl)cc1. The molecule has 0 unspecified atom stereocenters. The van der Waals surface area contributed by atoms with Crippen LogP contribution in [0.25, 0.3) is 0 Å². The molecule has 3 rings (SSSR count). The lowest BCUT2D eigenvalue weighted by Crippen LogP contribution is -2.08. The molecule has 1 N–H and O–H groups in total. The summed E-state index contributed by atoms with van der Waals surface area (Å²) >= 11 is 5.88. The summed E-state index contributed by atoms with van der Waals surface area (Å²) in [5, 5.41) is 7.01. The zero-order chi connectivity index (χ0) is 17.1. The standard InChI is InChI=1S/C19H15ClN2O2/c1-12-2-3-13(10-16-8-9-18(23)22-21-16)11-17(12)19(24)14-4-6-15(20)7-5-14/h2-9,11H,10H2,1H3,(H,22,23). The Morgan fingerprint density at radius 2 is 1.83 bits per heavy atom. The highest BCUT2D eigenvalue weighted by Crippen LogP contribution is 2.19. The second-order valence-corrected chi connectivity index (χ2v) is 6.01. The van der Waals surface area contributed by atoms with E-state index in [1.165, 1.54) is 6.07 Å². The van der Waals surface area contributed by atoms with E-state index in [0.29, 0.717) is 22.6 Å². The van der Waals surface area contributed by atoms with Crippen molar-refractivity contribution in [3.8, 4) is 0 Å². The summed E-state index contributed by atoms with van der Waals surface area (Å²) in [6, 6.07) is 15.7. The zero-order valence-electron chi connectivity index (χ0n) is 13.0. The lowest BCUT2D eigenvalue weighted by molar-refractivity contribution is 0.103. The molecule has 1 aromatic heterocycles. The van der Waals surface area contributed by atoms with E-state index in [1.807, 2.05) is 25.1 Å². The van der Waals surface area contributed by atoms with Gasteiger partial charge in [0.05, 0.1) is 5.69 Å². The number of benzene rings is 2. The molecule has 0 saturated carbocycles. The number of aryl methyl sites for hydroxylation is 1. The molecule has 24 heavy (non-hydrogen) atoms. The Morgan fingerprint density at radius 3 is 2.50 bits per heavy atom.